The Morgan fingerprint density at radius 1 is 1.00 bits per heavy atom. The first-order valence-corrected chi connectivity index (χ1v) is 11.0. The fourth-order valence-corrected chi connectivity index (χ4v) is 4.76. The number of piperidine rings is 1. The molecule has 1 amide bonds. The summed E-state index contributed by atoms with van der Waals surface area (Å²) in [5.74, 6) is -0.158. The number of carbonyl (C=O) groups is 2. The molecule has 5 nitrogen and oxygen atoms in total. The van der Waals surface area contributed by atoms with Gasteiger partial charge in [0.1, 0.15) is 5.69 Å². The lowest BCUT2D eigenvalue weighted by Crippen LogP contribution is -2.42. The maximum absolute atomic E-state index is 13.1. The van der Waals surface area contributed by atoms with Crippen LogP contribution < -0.4 is 0 Å². The number of aromatic nitrogens is 2. The lowest BCUT2D eigenvalue weighted by Gasteiger charge is -2.31. The molecule has 150 valence electrons. The third kappa shape index (κ3) is 3.55. The quantitative estimate of drug-likeness (QED) is 0.450. The van der Waals surface area contributed by atoms with Crippen LogP contribution in [0.25, 0.3) is 16.1 Å². The van der Waals surface area contributed by atoms with Crippen molar-refractivity contribution in [3.05, 3.63) is 83.6 Å². The summed E-state index contributed by atoms with van der Waals surface area (Å²) in [4.78, 5) is 33.0. The molecule has 0 aliphatic carbocycles. The Kier molecular flexibility index (Phi) is 4.93. The van der Waals surface area contributed by atoms with Crippen molar-refractivity contribution >= 4 is 28.0 Å². The molecule has 1 aliphatic heterocycles. The van der Waals surface area contributed by atoms with Crippen molar-refractivity contribution in [1.29, 1.82) is 0 Å². The Labute approximate surface area is 178 Å². The summed E-state index contributed by atoms with van der Waals surface area (Å²) in [6.07, 6.45) is 5.29. The number of Topliss-reactive ketones (excluding diaryl/α,β-unsaturated/α-hetero) is 1. The topological polar surface area (TPSA) is 54.7 Å². The lowest BCUT2D eigenvalue weighted by molar-refractivity contribution is 0.0632. The number of imidazole rings is 1. The Balaban J connectivity index is 1.30. The van der Waals surface area contributed by atoms with Gasteiger partial charge in [-0.2, -0.15) is 0 Å². The Bertz CT molecular complexity index is 1170. The minimum atomic E-state index is -0.172. The zero-order valence-electron chi connectivity index (χ0n) is 16.4. The first kappa shape index (κ1) is 18.8. The van der Waals surface area contributed by atoms with Gasteiger partial charge >= 0.3 is 0 Å². The van der Waals surface area contributed by atoms with Crippen molar-refractivity contribution < 1.29 is 9.59 Å². The number of nitrogens with zero attached hydrogens (tertiary/aromatic N) is 3. The molecule has 0 spiro atoms. The highest BCUT2D eigenvalue weighted by molar-refractivity contribution is 7.15. The Hall–Kier alpha value is -3.25. The van der Waals surface area contributed by atoms with E-state index in [9.17, 15) is 9.59 Å². The van der Waals surface area contributed by atoms with Gasteiger partial charge in [0.05, 0.1) is 0 Å². The number of fused-ring (bicyclic) bond motifs is 1. The second kappa shape index (κ2) is 7.88. The number of likely N-dealkylation sites (tertiary alicyclic amines) is 1. The van der Waals surface area contributed by atoms with Crippen molar-refractivity contribution in [3.8, 4) is 11.1 Å². The van der Waals surface area contributed by atoms with Gasteiger partial charge in [-0.25, -0.2) is 4.98 Å². The molecule has 0 N–H and O–H groups in total. The maximum Gasteiger partial charge on any atom is 0.274 e. The normalized spacial score (nSPS) is 16.7. The molecule has 1 atom stereocenters. The highest BCUT2D eigenvalue weighted by Crippen LogP contribution is 2.25. The highest BCUT2D eigenvalue weighted by Gasteiger charge is 2.30. The van der Waals surface area contributed by atoms with E-state index in [2.05, 4.69) is 17.1 Å². The summed E-state index contributed by atoms with van der Waals surface area (Å²) in [6, 6.07) is 17.9. The Morgan fingerprint density at radius 3 is 2.53 bits per heavy atom. The number of carbonyl (C=O) groups excluding carboxylic acids is 2. The molecule has 1 fully saturated rings. The standard InChI is InChI=1S/C24H21N3O2S/c28-22(19-10-8-18(9-11-19)17-5-2-1-3-6-17)20-7-4-12-26(15-20)23(29)21-16-27-13-14-30-24(27)25-21/h1-3,5-6,8-11,13-14,16,20H,4,7,12,15H2. The van der Waals surface area contributed by atoms with Crippen LogP contribution in [0, 0.1) is 5.92 Å². The van der Waals surface area contributed by atoms with Gasteiger partial charge in [-0.1, -0.05) is 54.6 Å². The largest absolute Gasteiger partial charge is 0.337 e. The van der Waals surface area contributed by atoms with Gasteiger partial charge in [0, 0.05) is 42.3 Å². The first-order chi connectivity index (χ1) is 14.7. The van der Waals surface area contributed by atoms with Crippen LogP contribution in [0.1, 0.15) is 33.7 Å². The average Bonchev–Trinajstić information content (AvgIpc) is 3.41. The molecule has 30 heavy (non-hydrogen) atoms. The third-order valence-corrected chi connectivity index (χ3v) is 6.44. The predicted octanol–water partition coefficient (Wildman–Crippen LogP) is 4.80. The number of rotatable bonds is 4. The van der Waals surface area contributed by atoms with E-state index in [1.54, 1.807) is 11.1 Å². The predicted molar refractivity (Wildman–Crippen MR) is 118 cm³/mol. The van der Waals surface area contributed by atoms with Crippen LogP contribution in [0.2, 0.25) is 0 Å². The number of benzene rings is 2. The van der Waals surface area contributed by atoms with E-state index < -0.39 is 0 Å². The smallest absolute Gasteiger partial charge is 0.274 e. The first-order valence-electron chi connectivity index (χ1n) is 10.1. The molecule has 1 unspecified atom stereocenters. The van der Waals surface area contributed by atoms with Gasteiger partial charge in [-0.05, 0) is 24.0 Å². The van der Waals surface area contributed by atoms with Crippen LogP contribution in [0.4, 0.5) is 0 Å². The lowest BCUT2D eigenvalue weighted by atomic mass is 9.89. The van der Waals surface area contributed by atoms with E-state index in [1.165, 1.54) is 11.3 Å². The molecule has 4 aromatic rings. The molecule has 0 saturated carbocycles. The Morgan fingerprint density at radius 2 is 1.77 bits per heavy atom. The van der Waals surface area contributed by atoms with Gasteiger partial charge in [0.25, 0.3) is 5.91 Å². The fraction of sp³-hybridized carbons (Fsp3) is 0.208. The summed E-state index contributed by atoms with van der Waals surface area (Å²) in [5.41, 5.74) is 3.37. The minimum Gasteiger partial charge on any atom is -0.337 e. The number of hydrogen-bond donors (Lipinski definition) is 0. The van der Waals surface area contributed by atoms with Crippen molar-refractivity contribution in [2.75, 3.05) is 13.1 Å². The highest BCUT2D eigenvalue weighted by atomic mass is 32.1. The van der Waals surface area contributed by atoms with Crippen LogP contribution in [0.5, 0.6) is 0 Å². The molecule has 3 heterocycles. The molecule has 1 aliphatic rings. The van der Waals surface area contributed by atoms with Crippen LogP contribution in [0.3, 0.4) is 0 Å². The summed E-state index contributed by atoms with van der Waals surface area (Å²) in [6.45, 7) is 1.12. The van der Waals surface area contributed by atoms with Crippen LogP contribution in [-0.4, -0.2) is 39.1 Å². The molecule has 2 aromatic carbocycles. The van der Waals surface area contributed by atoms with E-state index in [0.29, 0.717) is 24.3 Å². The SMILES string of the molecule is O=C(c1ccc(-c2ccccc2)cc1)C1CCCN(C(=O)c2cn3ccsc3n2)C1. The summed E-state index contributed by atoms with van der Waals surface area (Å²) >= 11 is 1.50. The molecule has 5 rings (SSSR count). The molecule has 2 aromatic heterocycles. The van der Waals surface area contributed by atoms with E-state index in [0.717, 1.165) is 28.9 Å². The zero-order valence-corrected chi connectivity index (χ0v) is 17.2. The number of hydrogen-bond acceptors (Lipinski definition) is 4. The minimum absolute atomic E-state index is 0.0946. The third-order valence-electron chi connectivity index (χ3n) is 5.67. The summed E-state index contributed by atoms with van der Waals surface area (Å²) < 4.78 is 1.86. The van der Waals surface area contributed by atoms with Crippen LogP contribution in [0.15, 0.2) is 72.4 Å². The monoisotopic (exact) mass is 415 g/mol. The van der Waals surface area contributed by atoms with Gasteiger partial charge in [0.2, 0.25) is 0 Å². The van der Waals surface area contributed by atoms with Gasteiger partial charge in [-0.15, -0.1) is 11.3 Å². The van der Waals surface area contributed by atoms with Gasteiger partial charge < -0.3 is 4.90 Å². The molecular formula is C24H21N3O2S. The van der Waals surface area contributed by atoms with E-state index in [4.69, 9.17) is 0 Å². The second-order valence-electron chi connectivity index (χ2n) is 7.62. The van der Waals surface area contributed by atoms with Gasteiger partial charge in [0.15, 0.2) is 10.7 Å². The second-order valence-corrected chi connectivity index (χ2v) is 8.49. The summed E-state index contributed by atoms with van der Waals surface area (Å²) in [5, 5.41) is 1.94. The molecule has 0 radical (unpaired) electrons. The van der Waals surface area contributed by atoms with Crippen LogP contribution >= 0.6 is 11.3 Å². The zero-order chi connectivity index (χ0) is 20.5. The molecule has 6 heteroatoms. The van der Waals surface area contributed by atoms with Crippen molar-refractivity contribution in [1.82, 2.24) is 14.3 Å². The molecular weight excluding hydrogens is 394 g/mol. The number of ketones is 1. The number of amides is 1. The fourth-order valence-electron chi connectivity index (χ4n) is 4.06. The van der Waals surface area contributed by atoms with Crippen molar-refractivity contribution in [2.24, 2.45) is 5.92 Å². The average molecular weight is 416 g/mol. The van der Waals surface area contributed by atoms with Gasteiger partial charge in [-0.3, -0.25) is 14.0 Å². The van der Waals surface area contributed by atoms with Crippen molar-refractivity contribution in [2.45, 2.75) is 12.8 Å². The molecule has 1 saturated heterocycles. The van der Waals surface area contributed by atoms with Crippen LogP contribution in [-0.2, 0) is 0 Å². The molecule has 0 bridgehead atoms. The van der Waals surface area contributed by atoms with E-state index in [1.807, 2.05) is 58.4 Å². The number of thiazole rings is 1. The van der Waals surface area contributed by atoms with E-state index in [-0.39, 0.29) is 17.6 Å². The van der Waals surface area contributed by atoms with Crippen molar-refractivity contribution in [3.63, 3.8) is 0 Å². The maximum atomic E-state index is 13.1. The van der Waals surface area contributed by atoms with E-state index >= 15 is 0 Å². The summed E-state index contributed by atoms with van der Waals surface area (Å²) in [7, 11) is 0.